The average Bonchev–Trinajstić information content (AvgIpc) is 2.72. The monoisotopic (exact) mass is 499 g/mol. The Morgan fingerprint density at radius 1 is 0.781 bits per heavy atom. The lowest BCUT2D eigenvalue weighted by molar-refractivity contribution is 0.482. The van der Waals surface area contributed by atoms with Gasteiger partial charge in [0.05, 0.1) is 26.9 Å². The Balaban J connectivity index is 2.17. The molecule has 0 aliphatic carbocycles. The van der Waals surface area contributed by atoms with E-state index >= 15 is 0 Å². The molecule has 3 aromatic rings. The van der Waals surface area contributed by atoms with E-state index in [2.05, 4.69) is 10.2 Å². The smallest absolute Gasteiger partial charge is 0.295 e. The number of anilines is 1. The van der Waals surface area contributed by atoms with E-state index in [4.69, 9.17) is 5.73 Å². The SMILES string of the molecule is CCS(=O)(=O)c1ccc(/N=N/c2cc(S(=O)(=O)O)c3ccc(S(=O)(=O)O)cc3c2N)cc1. The minimum atomic E-state index is -4.76. The van der Waals surface area contributed by atoms with Gasteiger partial charge < -0.3 is 5.73 Å². The number of benzene rings is 3. The summed E-state index contributed by atoms with van der Waals surface area (Å²) in [6.45, 7) is 1.51. The summed E-state index contributed by atoms with van der Waals surface area (Å²) in [5.74, 6) is -0.0779. The minimum absolute atomic E-state index is 0.0779. The van der Waals surface area contributed by atoms with Crippen molar-refractivity contribution < 1.29 is 34.4 Å². The van der Waals surface area contributed by atoms with Gasteiger partial charge in [-0.15, -0.1) is 5.11 Å². The van der Waals surface area contributed by atoms with E-state index in [0.717, 1.165) is 24.3 Å². The van der Waals surface area contributed by atoms with Crippen molar-refractivity contribution in [3.8, 4) is 0 Å². The lowest BCUT2D eigenvalue weighted by atomic mass is 10.1. The molecule has 0 spiro atoms. The highest BCUT2D eigenvalue weighted by Crippen LogP contribution is 2.38. The normalized spacial score (nSPS) is 13.1. The Morgan fingerprint density at radius 3 is 1.91 bits per heavy atom. The second-order valence-electron chi connectivity index (χ2n) is 6.56. The van der Waals surface area contributed by atoms with Gasteiger partial charge in [-0.05, 0) is 42.5 Å². The summed E-state index contributed by atoms with van der Waals surface area (Å²) in [5.41, 5.74) is 5.88. The lowest BCUT2D eigenvalue weighted by Gasteiger charge is -2.10. The van der Waals surface area contributed by atoms with Crippen LogP contribution in [0.3, 0.4) is 0 Å². The Hall–Kier alpha value is -2.91. The van der Waals surface area contributed by atoms with E-state index in [-0.39, 0.29) is 38.5 Å². The molecule has 0 amide bonds. The van der Waals surface area contributed by atoms with Crippen molar-refractivity contribution in [2.45, 2.75) is 21.6 Å². The van der Waals surface area contributed by atoms with Crippen LogP contribution in [0.4, 0.5) is 17.1 Å². The number of nitrogens with two attached hydrogens (primary N) is 1. The van der Waals surface area contributed by atoms with Gasteiger partial charge in [0.1, 0.15) is 10.6 Å². The molecule has 0 radical (unpaired) electrons. The van der Waals surface area contributed by atoms with Crippen molar-refractivity contribution in [1.29, 1.82) is 0 Å². The molecule has 0 bridgehead atoms. The molecule has 0 aliphatic rings. The van der Waals surface area contributed by atoms with Gasteiger partial charge in [0.2, 0.25) is 0 Å². The first kappa shape index (κ1) is 23.7. The van der Waals surface area contributed by atoms with Crippen LogP contribution in [-0.2, 0) is 30.1 Å². The zero-order chi connectivity index (χ0) is 23.9. The molecule has 14 heteroatoms. The first-order chi connectivity index (χ1) is 14.7. The molecule has 0 aliphatic heterocycles. The standard InChI is InChI=1S/C18H17N3O8S3/c1-2-30(22,23)12-5-3-11(4-6-12)20-21-16-10-17(32(27,28)29)14-8-7-13(31(24,25)26)9-15(14)18(16)19/h3-10H,2,19H2,1H3,(H,24,25,26)(H,27,28,29)/b21-20+. The van der Waals surface area contributed by atoms with Crippen LogP contribution in [0.1, 0.15) is 6.92 Å². The van der Waals surface area contributed by atoms with Crippen molar-refractivity contribution in [1.82, 2.24) is 0 Å². The second-order valence-corrected chi connectivity index (χ2v) is 11.7. The molecule has 3 rings (SSSR count). The third kappa shape index (κ3) is 4.78. The molecule has 0 unspecified atom stereocenters. The van der Waals surface area contributed by atoms with Crippen molar-refractivity contribution in [2.24, 2.45) is 10.2 Å². The zero-order valence-electron chi connectivity index (χ0n) is 16.4. The largest absolute Gasteiger partial charge is 0.396 e. The molecule has 170 valence electrons. The fourth-order valence-electron chi connectivity index (χ4n) is 2.83. The van der Waals surface area contributed by atoms with Gasteiger partial charge in [0.15, 0.2) is 9.84 Å². The van der Waals surface area contributed by atoms with Crippen LogP contribution in [0.25, 0.3) is 10.8 Å². The number of hydrogen-bond acceptors (Lipinski definition) is 9. The predicted molar refractivity (Wildman–Crippen MR) is 116 cm³/mol. The molecule has 11 nitrogen and oxygen atoms in total. The number of hydrogen-bond donors (Lipinski definition) is 3. The second kappa shape index (κ2) is 8.22. The first-order valence-electron chi connectivity index (χ1n) is 8.80. The van der Waals surface area contributed by atoms with Gasteiger partial charge in [-0.2, -0.15) is 21.9 Å². The minimum Gasteiger partial charge on any atom is -0.396 e. The Morgan fingerprint density at radius 2 is 1.38 bits per heavy atom. The van der Waals surface area contributed by atoms with E-state index in [9.17, 15) is 34.4 Å². The van der Waals surface area contributed by atoms with Crippen LogP contribution in [-0.4, -0.2) is 40.1 Å². The van der Waals surface area contributed by atoms with Gasteiger partial charge in [-0.1, -0.05) is 13.0 Å². The first-order valence-corrected chi connectivity index (χ1v) is 13.3. The summed E-state index contributed by atoms with van der Waals surface area (Å²) < 4.78 is 89.2. The van der Waals surface area contributed by atoms with Gasteiger partial charge in [-0.25, -0.2) is 8.42 Å². The topological polar surface area (TPSA) is 194 Å². The fraction of sp³-hybridized carbons (Fsp3) is 0.111. The maximum atomic E-state index is 11.9. The van der Waals surface area contributed by atoms with Crippen LogP contribution in [0.2, 0.25) is 0 Å². The van der Waals surface area contributed by atoms with Gasteiger partial charge >= 0.3 is 0 Å². The highest BCUT2D eigenvalue weighted by Gasteiger charge is 2.21. The van der Waals surface area contributed by atoms with E-state index in [0.29, 0.717) is 0 Å². The Kier molecular flexibility index (Phi) is 6.10. The van der Waals surface area contributed by atoms with Crippen molar-refractivity contribution in [2.75, 3.05) is 11.5 Å². The molecule has 0 heterocycles. The Bertz CT molecular complexity index is 1560. The van der Waals surface area contributed by atoms with Crippen molar-refractivity contribution in [3.05, 3.63) is 48.5 Å². The Labute approximate surface area is 184 Å². The van der Waals surface area contributed by atoms with Crippen molar-refractivity contribution >= 4 is 57.9 Å². The van der Waals surface area contributed by atoms with E-state index in [1.807, 2.05) is 0 Å². The molecule has 4 N–H and O–H groups in total. The third-order valence-corrected chi connectivity index (χ3v) is 8.01. The van der Waals surface area contributed by atoms with Crippen LogP contribution >= 0.6 is 0 Å². The summed E-state index contributed by atoms with van der Waals surface area (Å²) in [5, 5.41) is 7.57. The highest BCUT2D eigenvalue weighted by molar-refractivity contribution is 7.91. The van der Waals surface area contributed by atoms with Crippen LogP contribution in [0.15, 0.2) is 73.4 Å². The number of fused-ring (bicyclic) bond motifs is 1. The molecule has 3 aromatic carbocycles. The molecule has 0 saturated carbocycles. The molecule has 0 aromatic heterocycles. The summed E-state index contributed by atoms with van der Waals surface area (Å²) in [6, 6.07) is 9.35. The fourth-order valence-corrected chi connectivity index (χ4v) is 4.94. The predicted octanol–water partition coefficient (Wildman–Crippen LogP) is 3.12. The number of azo groups is 1. The summed E-state index contributed by atoms with van der Waals surface area (Å²) >= 11 is 0. The summed E-state index contributed by atoms with van der Waals surface area (Å²) in [7, 11) is -12.8. The number of nitrogen functional groups attached to an aromatic ring is 1. The van der Waals surface area contributed by atoms with Crippen LogP contribution in [0, 0.1) is 0 Å². The van der Waals surface area contributed by atoms with E-state index in [1.165, 1.54) is 31.2 Å². The van der Waals surface area contributed by atoms with Crippen LogP contribution in [0.5, 0.6) is 0 Å². The molecular formula is C18H17N3O8S3. The van der Waals surface area contributed by atoms with Crippen LogP contribution < -0.4 is 5.73 Å². The average molecular weight is 500 g/mol. The molecule has 0 fully saturated rings. The summed E-state index contributed by atoms with van der Waals surface area (Å²) in [4.78, 5) is -1.04. The molecule has 32 heavy (non-hydrogen) atoms. The zero-order valence-corrected chi connectivity index (χ0v) is 18.8. The number of sulfone groups is 1. The van der Waals surface area contributed by atoms with Gasteiger partial charge in [0, 0.05) is 10.8 Å². The summed E-state index contributed by atoms with van der Waals surface area (Å²) in [6.07, 6.45) is 0. The molecular weight excluding hydrogens is 482 g/mol. The third-order valence-electron chi connectivity index (χ3n) is 4.52. The van der Waals surface area contributed by atoms with Crippen molar-refractivity contribution in [3.63, 3.8) is 0 Å². The maximum Gasteiger partial charge on any atom is 0.295 e. The number of rotatable bonds is 6. The quantitative estimate of drug-likeness (QED) is 0.259. The highest BCUT2D eigenvalue weighted by atomic mass is 32.2. The van der Waals surface area contributed by atoms with E-state index < -0.39 is 39.9 Å². The van der Waals surface area contributed by atoms with Gasteiger partial charge in [0.25, 0.3) is 20.2 Å². The lowest BCUT2D eigenvalue weighted by Crippen LogP contribution is -2.03. The molecule has 0 saturated heterocycles. The number of nitrogens with zero attached hydrogens (tertiary/aromatic N) is 2. The molecule has 0 atom stereocenters. The van der Waals surface area contributed by atoms with E-state index in [1.54, 1.807) is 0 Å². The van der Waals surface area contributed by atoms with Gasteiger partial charge in [-0.3, -0.25) is 9.11 Å². The maximum absolute atomic E-state index is 11.9.